The molecule has 0 unspecified atom stereocenters. The standard InChI is InChI=1S/C20H20FN3OS/c1-24(14-15-7-3-2-4-8-15)12-11-22-19(25)18-13-23-20(26-18)16-9-5-6-10-17(16)21/h2-10,13H,11-12,14H2,1H3,(H,22,25). The number of likely N-dealkylation sites (N-methyl/N-ethyl adjacent to an activating group) is 1. The molecule has 0 fully saturated rings. The van der Waals surface area contributed by atoms with Crippen molar-refractivity contribution in [1.29, 1.82) is 0 Å². The van der Waals surface area contributed by atoms with Gasteiger partial charge in [0.25, 0.3) is 5.91 Å². The maximum atomic E-state index is 13.8. The lowest BCUT2D eigenvalue weighted by atomic mass is 10.2. The third-order valence-electron chi connectivity index (χ3n) is 3.91. The van der Waals surface area contributed by atoms with Gasteiger partial charge in [0, 0.05) is 25.2 Å². The normalized spacial score (nSPS) is 10.9. The summed E-state index contributed by atoms with van der Waals surface area (Å²) in [6.45, 7) is 2.10. The number of rotatable bonds is 7. The van der Waals surface area contributed by atoms with Crippen molar-refractivity contribution in [3.05, 3.63) is 77.1 Å². The summed E-state index contributed by atoms with van der Waals surface area (Å²) in [5.41, 5.74) is 1.65. The van der Waals surface area contributed by atoms with Gasteiger partial charge in [0.2, 0.25) is 0 Å². The lowest BCUT2D eigenvalue weighted by Gasteiger charge is -2.16. The van der Waals surface area contributed by atoms with Crippen molar-refractivity contribution >= 4 is 17.2 Å². The van der Waals surface area contributed by atoms with Crippen LogP contribution in [0.3, 0.4) is 0 Å². The second-order valence-corrected chi connectivity index (χ2v) is 7.02. The van der Waals surface area contributed by atoms with Crippen LogP contribution in [0.5, 0.6) is 0 Å². The summed E-state index contributed by atoms with van der Waals surface area (Å²) in [5, 5.41) is 3.40. The molecule has 0 bridgehead atoms. The molecular weight excluding hydrogens is 349 g/mol. The predicted molar refractivity (Wildman–Crippen MR) is 103 cm³/mol. The van der Waals surface area contributed by atoms with E-state index in [1.807, 2.05) is 25.2 Å². The first-order valence-electron chi connectivity index (χ1n) is 8.35. The van der Waals surface area contributed by atoms with Gasteiger partial charge in [0.15, 0.2) is 0 Å². The molecule has 0 spiro atoms. The fourth-order valence-electron chi connectivity index (χ4n) is 2.56. The molecule has 1 heterocycles. The lowest BCUT2D eigenvalue weighted by Crippen LogP contribution is -2.32. The van der Waals surface area contributed by atoms with Gasteiger partial charge in [0.1, 0.15) is 15.7 Å². The highest BCUT2D eigenvalue weighted by Gasteiger charge is 2.13. The molecule has 0 atom stereocenters. The first-order chi connectivity index (χ1) is 12.6. The number of hydrogen-bond acceptors (Lipinski definition) is 4. The molecule has 1 N–H and O–H groups in total. The lowest BCUT2D eigenvalue weighted by molar-refractivity contribution is 0.0953. The van der Waals surface area contributed by atoms with Crippen molar-refractivity contribution in [3.8, 4) is 10.6 Å². The summed E-state index contributed by atoms with van der Waals surface area (Å²) in [6, 6.07) is 16.6. The fourth-order valence-corrected chi connectivity index (χ4v) is 3.42. The highest BCUT2D eigenvalue weighted by atomic mass is 32.1. The molecule has 1 aromatic heterocycles. The van der Waals surface area contributed by atoms with Gasteiger partial charge in [-0.2, -0.15) is 0 Å². The van der Waals surface area contributed by atoms with E-state index >= 15 is 0 Å². The van der Waals surface area contributed by atoms with Crippen LogP contribution in [0.2, 0.25) is 0 Å². The van der Waals surface area contributed by atoms with Crippen LogP contribution in [-0.4, -0.2) is 35.9 Å². The third kappa shape index (κ3) is 4.74. The van der Waals surface area contributed by atoms with Crippen LogP contribution in [0.1, 0.15) is 15.2 Å². The average Bonchev–Trinajstić information content (AvgIpc) is 3.13. The number of nitrogens with zero attached hydrogens (tertiary/aromatic N) is 2. The van der Waals surface area contributed by atoms with Gasteiger partial charge in [0.05, 0.1) is 6.20 Å². The second kappa shape index (κ2) is 8.69. The van der Waals surface area contributed by atoms with E-state index in [1.54, 1.807) is 18.2 Å². The monoisotopic (exact) mass is 369 g/mol. The van der Waals surface area contributed by atoms with Crippen molar-refractivity contribution in [3.63, 3.8) is 0 Å². The summed E-state index contributed by atoms with van der Waals surface area (Å²) < 4.78 is 13.8. The maximum Gasteiger partial charge on any atom is 0.263 e. The number of benzene rings is 2. The summed E-state index contributed by atoms with van der Waals surface area (Å²) in [6.07, 6.45) is 1.50. The van der Waals surface area contributed by atoms with E-state index in [9.17, 15) is 9.18 Å². The first kappa shape index (κ1) is 18.2. The van der Waals surface area contributed by atoms with E-state index in [2.05, 4.69) is 27.3 Å². The van der Waals surface area contributed by atoms with Gasteiger partial charge in [-0.15, -0.1) is 11.3 Å². The maximum absolute atomic E-state index is 13.8. The molecule has 0 radical (unpaired) electrons. The topological polar surface area (TPSA) is 45.2 Å². The fraction of sp³-hybridized carbons (Fsp3) is 0.200. The SMILES string of the molecule is CN(CCNC(=O)c1cnc(-c2ccccc2F)s1)Cc1ccccc1. The van der Waals surface area contributed by atoms with E-state index in [-0.39, 0.29) is 11.7 Å². The van der Waals surface area contributed by atoms with Crippen LogP contribution in [0.25, 0.3) is 10.6 Å². The summed E-state index contributed by atoms with van der Waals surface area (Å²) >= 11 is 1.19. The van der Waals surface area contributed by atoms with Crippen LogP contribution >= 0.6 is 11.3 Å². The Morgan fingerprint density at radius 2 is 1.88 bits per heavy atom. The zero-order valence-corrected chi connectivity index (χ0v) is 15.3. The van der Waals surface area contributed by atoms with E-state index < -0.39 is 0 Å². The number of carbonyl (C=O) groups excluding carboxylic acids is 1. The van der Waals surface area contributed by atoms with Gasteiger partial charge >= 0.3 is 0 Å². The van der Waals surface area contributed by atoms with Gasteiger partial charge in [-0.25, -0.2) is 9.37 Å². The number of carbonyl (C=O) groups is 1. The number of amides is 1. The molecule has 0 saturated heterocycles. The van der Waals surface area contributed by atoms with Gasteiger partial charge in [-0.05, 0) is 24.7 Å². The zero-order chi connectivity index (χ0) is 18.4. The Labute approximate surface area is 156 Å². The van der Waals surface area contributed by atoms with E-state index in [0.717, 1.165) is 13.1 Å². The Morgan fingerprint density at radius 1 is 1.15 bits per heavy atom. The average molecular weight is 369 g/mol. The molecule has 0 aliphatic rings. The summed E-state index contributed by atoms with van der Waals surface area (Å²) in [7, 11) is 2.02. The molecule has 1 amide bonds. The third-order valence-corrected chi connectivity index (χ3v) is 4.94. The Bertz CT molecular complexity index is 866. The number of nitrogens with one attached hydrogen (secondary N) is 1. The Morgan fingerprint density at radius 3 is 2.65 bits per heavy atom. The van der Waals surface area contributed by atoms with E-state index in [1.165, 1.54) is 29.2 Å². The molecule has 0 saturated carbocycles. The predicted octanol–water partition coefficient (Wildman–Crippen LogP) is 3.81. The quantitative estimate of drug-likeness (QED) is 0.689. The van der Waals surface area contributed by atoms with Gasteiger partial charge < -0.3 is 10.2 Å². The minimum atomic E-state index is -0.337. The molecular formula is C20H20FN3OS. The van der Waals surface area contributed by atoms with Crippen molar-refractivity contribution in [1.82, 2.24) is 15.2 Å². The number of thiazole rings is 1. The van der Waals surface area contributed by atoms with Crippen molar-refractivity contribution in [2.24, 2.45) is 0 Å². The molecule has 4 nitrogen and oxygen atoms in total. The van der Waals surface area contributed by atoms with Gasteiger partial charge in [-0.1, -0.05) is 42.5 Å². The minimum Gasteiger partial charge on any atom is -0.350 e. The Hall–Kier alpha value is -2.57. The van der Waals surface area contributed by atoms with Crippen molar-refractivity contribution in [2.45, 2.75) is 6.54 Å². The van der Waals surface area contributed by atoms with Crippen LogP contribution in [0, 0.1) is 5.82 Å². The second-order valence-electron chi connectivity index (χ2n) is 5.99. The smallest absolute Gasteiger partial charge is 0.263 e. The Balaban J connectivity index is 1.50. The molecule has 134 valence electrons. The summed E-state index contributed by atoms with van der Waals surface area (Å²) in [5.74, 6) is -0.519. The van der Waals surface area contributed by atoms with E-state index in [4.69, 9.17) is 0 Å². The van der Waals surface area contributed by atoms with Crippen LogP contribution in [0.15, 0.2) is 60.8 Å². The highest BCUT2D eigenvalue weighted by Crippen LogP contribution is 2.27. The van der Waals surface area contributed by atoms with E-state index in [0.29, 0.717) is 22.0 Å². The molecule has 3 rings (SSSR count). The molecule has 3 aromatic rings. The van der Waals surface area contributed by atoms with Crippen molar-refractivity contribution in [2.75, 3.05) is 20.1 Å². The minimum absolute atomic E-state index is 0.182. The zero-order valence-electron chi connectivity index (χ0n) is 14.5. The highest BCUT2D eigenvalue weighted by molar-refractivity contribution is 7.16. The summed E-state index contributed by atoms with van der Waals surface area (Å²) in [4.78, 5) is 19.1. The molecule has 0 aliphatic heterocycles. The van der Waals surface area contributed by atoms with Gasteiger partial charge in [-0.3, -0.25) is 4.79 Å². The number of halogens is 1. The Kier molecular flexibility index (Phi) is 6.09. The number of aromatic nitrogens is 1. The first-order valence-corrected chi connectivity index (χ1v) is 9.16. The molecule has 2 aromatic carbocycles. The number of hydrogen-bond donors (Lipinski definition) is 1. The molecule has 6 heteroatoms. The largest absolute Gasteiger partial charge is 0.350 e. The van der Waals surface area contributed by atoms with Crippen LogP contribution < -0.4 is 5.32 Å². The molecule has 26 heavy (non-hydrogen) atoms. The van der Waals surface area contributed by atoms with Crippen LogP contribution in [-0.2, 0) is 6.54 Å². The van der Waals surface area contributed by atoms with Crippen molar-refractivity contribution < 1.29 is 9.18 Å². The molecule has 0 aliphatic carbocycles. The van der Waals surface area contributed by atoms with Crippen LogP contribution in [0.4, 0.5) is 4.39 Å².